The molecule has 3 nitrogen and oxygen atoms in total. The fourth-order valence-corrected chi connectivity index (χ4v) is 3.42. The molecule has 0 saturated carbocycles. The number of ether oxygens (including phenoxy) is 1. The fraction of sp³-hybridized carbons (Fsp3) is 0.308. The lowest BCUT2D eigenvalue weighted by Gasteiger charge is -2.15. The Morgan fingerprint density at radius 1 is 1.44 bits per heavy atom. The van der Waals surface area contributed by atoms with Crippen LogP contribution in [0.4, 0.5) is 0 Å². The first-order chi connectivity index (χ1) is 8.74. The van der Waals surface area contributed by atoms with Crippen LogP contribution in [0, 0.1) is 0 Å². The zero-order valence-electron chi connectivity index (χ0n) is 10.3. The number of methoxy groups -OCH3 is 1. The van der Waals surface area contributed by atoms with E-state index in [0.717, 1.165) is 10.9 Å². The van der Waals surface area contributed by atoms with Crippen LogP contribution in [0.3, 0.4) is 0 Å². The van der Waals surface area contributed by atoms with E-state index >= 15 is 0 Å². The summed E-state index contributed by atoms with van der Waals surface area (Å²) in [6, 6.07) is 4.24. The van der Waals surface area contributed by atoms with Crippen LogP contribution in [0.1, 0.15) is 17.2 Å². The van der Waals surface area contributed by atoms with Crippen LogP contribution in [-0.2, 0) is 6.42 Å². The van der Waals surface area contributed by atoms with Crippen LogP contribution >= 0.6 is 27.3 Å². The normalized spacial score (nSPS) is 12.4. The smallest absolute Gasteiger partial charge is 0.212 e. The van der Waals surface area contributed by atoms with Gasteiger partial charge in [-0.3, -0.25) is 0 Å². The first-order valence-corrected chi connectivity index (χ1v) is 7.36. The van der Waals surface area contributed by atoms with Crippen molar-refractivity contribution in [1.82, 2.24) is 10.3 Å². The largest absolute Gasteiger partial charge is 0.481 e. The molecule has 2 aromatic heterocycles. The third-order valence-electron chi connectivity index (χ3n) is 2.81. The summed E-state index contributed by atoms with van der Waals surface area (Å²) in [6.07, 6.45) is 2.77. The second kappa shape index (κ2) is 6.31. The second-order valence-corrected chi connectivity index (χ2v) is 5.53. The molecule has 2 rings (SSSR count). The monoisotopic (exact) mass is 326 g/mol. The van der Waals surface area contributed by atoms with Crippen LogP contribution in [-0.4, -0.2) is 19.1 Å². The van der Waals surface area contributed by atoms with E-state index in [1.807, 2.05) is 19.3 Å². The first-order valence-electron chi connectivity index (χ1n) is 5.62. The Labute approximate surface area is 119 Å². The van der Waals surface area contributed by atoms with Gasteiger partial charge in [0.2, 0.25) is 5.88 Å². The van der Waals surface area contributed by atoms with Crippen LogP contribution in [0.25, 0.3) is 0 Å². The molecule has 5 heteroatoms. The summed E-state index contributed by atoms with van der Waals surface area (Å²) < 4.78 is 6.22. The van der Waals surface area contributed by atoms with E-state index in [4.69, 9.17) is 4.74 Å². The summed E-state index contributed by atoms with van der Waals surface area (Å²) >= 11 is 5.28. The lowest BCUT2D eigenvalue weighted by molar-refractivity contribution is 0.397. The van der Waals surface area contributed by atoms with Gasteiger partial charge in [0.05, 0.1) is 7.11 Å². The minimum absolute atomic E-state index is 0.292. The summed E-state index contributed by atoms with van der Waals surface area (Å²) in [6.45, 7) is 0. The van der Waals surface area contributed by atoms with E-state index in [1.165, 1.54) is 11.1 Å². The number of aromatic nitrogens is 1. The van der Waals surface area contributed by atoms with Crippen molar-refractivity contribution < 1.29 is 4.74 Å². The maximum Gasteiger partial charge on any atom is 0.212 e. The summed E-state index contributed by atoms with van der Waals surface area (Å²) in [7, 11) is 3.60. The van der Waals surface area contributed by atoms with E-state index in [9.17, 15) is 0 Å². The molecule has 0 fully saturated rings. The van der Waals surface area contributed by atoms with Crippen molar-refractivity contribution in [3.05, 3.63) is 44.7 Å². The molecule has 18 heavy (non-hydrogen) atoms. The molecule has 0 aromatic carbocycles. The number of pyridine rings is 1. The highest BCUT2D eigenvalue weighted by atomic mass is 79.9. The molecule has 0 spiro atoms. The molecule has 0 aliphatic carbocycles. The Morgan fingerprint density at radius 3 is 2.78 bits per heavy atom. The molecule has 96 valence electrons. The minimum Gasteiger partial charge on any atom is -0.481 e. The molecule has 0 aliphatic rings. The van der Waals surface area contributed by atoms with Crippen molar-refractivity contribution in [2.45, 2.75) is 12.5 Å². The summed E-state index contributed by atoms with van der Waals surface area (Å²) in [4.78, 5) is 4.23. The quantitative estimate of drug-likeness (QED) is 0.914. The lowest BCUT2D eigenvalue weighted by atomic mass is 10.0. The molecule has 2 aromatic rings. The van der Waals surface area contributed by atoms with E-state index in [2.05, 4.69) is 43.1 Å². The second-order valence-electron chi connectivity index (χ2n) is 3.93. The molecular weight excluding hydrogens is 312 g/mol. The molecule has 0 aliphatic heterocycles. The van der Waals surface area contributed by atoms with Gasteiger partial charge in [0.15, 0.2) is 0 Å². The van der Waals surface area contributed by atoms with Crippen molar-refractivity contribution in [3.63, 3.8) is 0 Å². The van der Waals surface area contributed by atoms with Crippen molar-refractivity contribution in [2.75, 3.05) is 14.2 Å². The van der Waals surface area contributed by atoms with E-state index in [0.29, 0.717) is 11.9 Å². The van der Waals surface area contributed by atoms with Crippen LogP contribution in [0.15, 0.2) is 33.6 Å². The SMILES string of the molecule is CNC(Cc1ccc(OC)nc1)c1cscc1Br. The zero-order chi connectivity index (χ0) is 13.0. The molecule has 1 unspecified atom stereocenters. The van der Waals surface area contributed by atoms with Gasteiger partial charge in [-0.15, -0.1) is 0 Å². The van der Waals surface area contributed by atoms with Crippen LogP contribution in [0.2, 0.25) is 0 Å². The van der Waals surface area contributed by atoms with Gasteiger partial charge in [0, 0.05) is 28.2 Å². The number of likely N-dealkylation sites (N-methyl/N-ethyl adjacent to an activating group) is 1. The molecule has 1 N–H and O–H groups in total. The molecule has 0 saturated heterocycles. The molecule has 0 radical (unpaired) electrons. The molecule has 0 bridgehead atoms. The Balaban J connectivity index is 2.13. The summed E-state index contributed by atoms with van der Waals surface area (Å²) in [5, 5.41) is 7.61. The van der Waals surface area contributed by atoms with Crippen LogP contribution in [0.5, 0.6) is 5.88 Å². The van der Waals surface area contributed by atoms with Gasteiger partial charge in [0.1, 0.15) is 0 Å². The number of hydrogen-bond donors (Lipinski definition) is 1. The topological polar surface area (TPSA) is 34.1 Å². The van der Waals surface area contributed by atoms with Gasteiger partial charge in [-0.2, -0.15) is 11.3 Å². The van der Waals surface area contributed by atoms with E-state index in [-0.39, 0.29) is 0 Å². The van der Waals surface area contributed by atoms with Gasteiger partial charge in [-0.25, -0.2) is 4.98 Å². The Hall–Kier alpha value is -0.910. The average molecular weight is 327 g/mol. The number of nitrogens with zero attached hydrogens (tertiary/aromatic N) is 1. The highest BCUT2D eigenvalue weighted by Gasteiger charge is 2.14. The van der Waals surface area contributed by atoms with Crippen LogP contribution < -0.4 is 10.1 Å². The molecule has 2 heterocycles. The van der Waals surface area contributed by atoms with Crippen molar-refractivity contribution >= 4 is 27.3 Å². The summed E-state index contributed by atoms with van der Waals surface area (Å²) in [5.74, 6) is 0.650. The van der Waals surface area contributed by atoms with Crippen molar-refractivity contribution in [1.29, 1.82) is 0 Å². The van der Waals surface area contributed by atoms with Crippen molar-refractivity contribution in [3.8, 4) is 5.88 Å². The molecule has 0 amide bonds. The van der Waals surface area contributed by atoms with Gasteiger partial charge >= 0.3 is 0 Å². The number of halogens is 1. The molecule has 1 atom stereocenters. The standard InChI is InChI=1S/C13H15BrN2OS/c1-15-12(10-7-18-8-11(10)14)5-9-3-4-13(17-2)16-6-9/h3-4,6-8,12,15H,5H2,1-2H3. The maximum absolute atomic E-state index is 5.06. The third-order valence-corrected chi connectivity index (χ3v) is 4.56. The maximum atomic E-state index is 5.06. The van der Waals surface area contributed by atoms with Gasteiger partial charge in [0.25, 0.3) is 0 Å². The lowest BCUT2D eigenvalue weighted by Crippen LogP contribution is -2.18. The molecular formula is C13H15BrN2OS. The predicted molar refractivity (Wildman–Crippen MR) is 78.3 cm³/mol. The van der Waals surface area contributed by atoms with E-state index < -0.39 is 0 Å². The zero-order valence-corrected chi connectivity index (χ0v) is 12.7. The highest BCUT2D eigenvalue weighted by Crippen LogP contribution is 2.29. The Morgan fingerprint density at radius 2 is 2.28 bits per heavy atom. The average Bonchev–Trinajstić information content (AvgIpc) is 2.83. The van der Waals surface area contributed by atoms with Gasteiger partial charge in [-0.1, -0.05) is 6.07 Å². The van der Waals surface area contributed by atoms with E-state index in [1.54, 1.807) is 18.4 Å². The summed E-state index contributed by atoms with van der Waals surface area (Å²) in [5.41, 5.74) is 2.48. The number of nitrogens with one attached hydrogen (secondary N) is 1. The number of hydrogen-bond acceptors (Lipinski definition) is 4. The Kier molecular flexibility index (Phi) is 4.74. The van der Waals surface area contributed by atoms with Gasteiger partial charge < -0.3 is 10.1 Å². The Bertz CT molecular complexity index is 498. The first kappa shape index (κ1) is 13.5. The van der Waals surface area contributed by atoms with Gasteiger partial charge in [-0.05, 0) is 45.9 Å². The predicted octanol–water partition coefficient (Wildman–Crippen LogP) is 3.42. The highest BCUT2D eigenvalue weighted by molar-refractivity contribution is 9.10. The number of thiophene rings is 1. The fourth-order valence-electron chi connectivity index (χ4n) is 1.80. The van der Waals surface area contributed by atoms with Crippen molar-refractivity contribution in [2.24, 2.45) is 0 Å². The number of rotatable bonds is 5. The third kappa shape index (κ3) is 3.10. The minimum atomic E-state index is 0.292.